The van der Waals surface area contributed by atoms with Gasteiger partial charge in [0.1, 0.15) is 5.69 Å². The van der Waals surface area contributed by atoms with Gasteiger partial charge in [-0.15, -0.1) is 0 Å². The van der Waals surface area contributed by atoms with E-state index in [9.17, 15) is 19.7 Å². The Labute approximate surface area is 158 Å². The van der Waals surface area contributed by atoms with E-state index in [0.29, 0.717) is 11.1 Å². The van der Waals surface area contributed by atoms with Crippen molar-refractivity contribution in [3.8, 4) is 11.3 Å². The SMILES string of the molecule is Cn1cc(-c2c([N+](=O)[O-])c(=O)n(Cc3ccncc3)c(=O)n2C2CCC2)cn1. The third kappa shape index (κ3) is 2.92. The summed E-state index contributed by atoms with van der Waals surface area (Å²) in [6, 6.07) is 3.16. The first-order valence-electron chi connectivity index (χ1n) is 8.89. The minimum Gasteiger partial charge on any atom is -0.284 e. The van der Waals surface area contributed by atoms with Crippen LogP contribution in [0.15, 0.2) is 46.5 Å². The van der Waals surface area contributed by atoms with Crippen molar-refractivity contribution in [2.75, 3.05) is 0 Å². The highest BCUT2D eigenvalue weighted by molar-refractivity contribution is 5.68. The molecule has 1 aliphatic carbocycles. The largest absolute Gasteiger partial charge is 0.358 e. The van der Waals surface area contributed by atoms with Crippen LogP contribution in [0.2, 0.25) is 0 Å². The molecule has 3 aromatic heterocycles. The zero-order chi connectivity index (χ0) is 19.8. The van der Waals surface area contributed by atoms with Gasteiger partial charge in [0.25, 0.3) is 0 Å². The third-order valence-corrected chi connectivity index (χ3v) is 5.04. The van der Waals surface area contributed by atoms with Gasteiger partial charge < -0.3 is 0 Å². The summed E-state index contributed by atoms with van der Waals surface area (Å²) in [5, 5.41) is 15.9. The molecule has 0 saturated heterocycles. The molecule has 28 heavy (non-hydrogen) atoms. The lowest BCUT2D eigenvalue weighted by Crippen LogP contribution is -2.44. The van der Waals surface area contributed by atoms with Crippen molar-refractivity contribution in [1.82, 2.24) is 23.9 Å². The highest BCUT2D eigenvalue weighted by atomic mass is 16.6. The summed E-state index contributed by atoms with van der Waals surface area (Å²) in [6.07, 6.45) is 8.50. The van der Waals surface area contributed by atoms with Gasteiger partial charge in [-0.05, 0) is 37.0 Å². The molecule has 0 atom stereocenters. The molecule has 3 aromatic rings. The number of nitrogens with zero attached hydrogens (tertiary/aromatic N) is 6. The molecule has 0 aliphatic heterocycles. The Morgan fingerprint density at radius 1 is 1.25 bits per heavy atom. The minimum atomic E-state index is -0.916. The van der Waals surface area contributed by atoms with Gasteiger partial charge in [-0.25, -0.2) is 9.36 Å². The van der Waals surface area contributed by atoms with Gasteiger partial charge >= 0.3 is 16.9 Å². The van der Waals surface area contributed by atoms with Crippen molar-refractivity contribution in [2.45, 2.75) is 31.8 Å². The van der Waals surface area contributed by atoms with Crippen molar-refractivity contribution >= 4 is 5.69 Å². The Hall–Kier alpha value is -3.56. The van der Waals surface area contributed by atoms with E-state index in [4.69, 9.17) is 0 Å². The lowest BCUT2D eigenvalue weighted by molar-refractivity contribution is -0.386. The maximum Gasteiger partial charge on any atom is 0.358 e. The van der Waals surface area contributed by atoms with Crippen LogP contribution in [-0.2, 0) is 13.6 Å². The van der Waals surface area contributed by atoms with E-state index in [2.05, 4.69) is 10.1 Å². The molecule has 0 unspecified atom stereocenters. The summed E-state index contributed by atoms with van der Waals surface area (Å²) in [4.78, 5) is 41.3. The summed E-state index contributed by atoms with van der Waals surface area (Å²) < 4.78 is 3.82. The van der Waals surface area contributed by atoms with Crippen LogP contribution in [0.3, 0.4) is 0 Å². The lowest BCUT2D eigenvalue weighted by atomic mass is 9.92. The van der Waals surface area contributed by atoms with Gasteiger partial charge in [0, 0.05) is 37.2 Å². The lowest BCUT2D eigenvalue weighted by Gasteiger charge is -2.30. The summed E-state index contributed by atoms with van der Waals surface area (Å²) in [5.41, 5.74) is -0.987. The van der Waals surface area contributed by atoms with E-state index in [1.54, 1.807) is 37.8 Å². The van der Waals surface area contributed by atoms with Crippen molar-refractivity contribution in [3.63, 3.8) is 0 Å². The van der Waals surface area contributed by atoms with E-state index in [1.807, 2.05) is 0 Å². The molecule has 0 N–H and O–H groups in total. The third-order valence-electron chi connectivity index (χ3n) is 5.04. The molecule has 0 bridgehead atoms. The van der Waals surface area contributed by atoms with Gasteiger partial charge in [-0.3, -0.25) is 29.1 Å². The van der Waals surface area contributed by atoms with Gasteiger partial charge in [-0.1, -0.05) is 0 Å². The Kier molecular flexibility index (Phi) is 4.38. The number of aryl methyl sites for hydroxylation is 1. The normalized spacial score (nSPS) is 14.0. The summed E-state index contributed by atoms with van der Waals surface area (Å²) >= 11 is 0. The van der Waals surface area contributed by atoms with Crippen LogP contribution < -0.4 is 11.2 Å². The first-order valence-corrected chi connectivity index (χ1v) is 8.89. The van der Waals surface area contributed by atoms with E-state index in [1.165, 1.54) is 15.4 Å². The van der Waals surface area contributed by atoms with Gasteiger partial charge in [0.15, 0.2) is 0 Å². The average molecular weight is 382 g/mol. The standard InChI is InChI=1S/C18H18N6O4/c1-21-11-13(9-20-21)15-16(24(27)28)17(25)22(10-12-5-7-19-8-6-12)18(26)23(15)14-3-2-4-14/h5-9,11,14H,2-4,10H2,1H3. The van der Waals surface area contributed by atoms with Crippen LogP contribution in [0.25, 0.3) is 11.3 Å². The fourth-order valence-corrected chi connectivity index (χ4v) is 3.43. The molecule has 0 aromatic carbocycles. The molecule has 3 heterocycles. The zero-order valence-electron chi connectivity index (χ0n) is 15.2. The fraction of sp³-hybridized carbons (Fsp3) is 0.333. The molecule has 1 aliphatic rings. The van der Waals surface area contributed by atoms with Gasteiger partial charge in [0.2, 0.25) is 0 Å². The average Bonchev–Trinajstić information content (AvgIpc) is 3.05. The maximum atomic E-state index is 13.3. The summed E-state index contributed by atoms with van der Waals surface area (Å²) in [7, 11) is 1.67. The van der Waals surface area contributed by atoms with Crippen LogP contribution >= 0.6 is 0 Å². The maximum absolute atomic E-state index is 13.3. The van der Waals surface area contributed by atoms with Gasteiger partial charge in [0.05, 0.1) is 17.7 Å². The second-order valence-corrected chi connectivity index (χ2v) is 6.84. The first-order chi connectivity index (χ1) is 13.5. The second kappa shape index (κ2) is 6.87. The van der Waals surface area contributed by atoms with E-state index >= 15 is 0 Å². The molecule has 0 spiro atoms. The Morgan fingerprint density at radius 2 is 1.96 bits per heavy atom. The molecule has 4 rings (SSSR count). The van der Waals surface area contributed by atoms with Crippen molar-refractivity contribution < 1.29 is 4.92 Å². The Bertz CT molecular complexity index is 1160. The molecule has 1 fully saturated rings. The van der Waals surface area contributed by atoms with E-state index in [0.717, 1.165) is 23.8 Å². The number of pyridine rings is 1. The van der Waals surface area contributed by atoms with Crippen molar-refractivity contribution in [3.05, 3.63) is 73.4 Å². The highest BCUT2D eigenvalue weighted by Crippen LogP contribution is 2.36. The Balaban J connectivity index is 2.02. The van der Waals surface area contributed by atoms with Crippen molar-refractivity contribution in [1.29, 1.82) is 0 Å². The van der Waals surface area contributed by atoms with Gasteiger partial charge in [-0.2, -0.15) is 5.10 Å². The molecule has 10 heteroatoms. The molecule has 1 saturated carbocycles. The van der Waals surface area contributed by atoms with Crippen LogP contribution in [-0.4, -0.2) is 28.8 Å². The molecule has 0 radical (unpaired) electrons. The fourth-order valence-electron chi connectivity index (χ4n) is 3.43. The topological polar surface area (TPSA) is 118 Å². The predicted molar refractivity (Wildman–Crippen MR) is 100 cm³/mol. The quantitative estimate of drug-likeness (QED) is 0.487. The van der Waals surface area contributed by atoms with E-state index < -0.39 is 21.9 Å². The number of aromatic nitrogens is 5. The number of hydrogen-bond acceptors (Lipinski definition) is 6. The molecular formula is C18H18N6O4. The van der Waals surface area contributed by atoms with Crippen LogP contribution in [0.1, 0.15) is 30.9 Å². The van der Waals surface area contributed by atoms with E-state index in [-0.39, 0.29) is 18.3 Å². The van der Waals surface area contributed by atoms with Crippen molar-refractivity contribution in [2.24, 2.45) is 7.05 Å². The summed E-state index contributed by atoms with van der Waals surface area (Å²) in [5.74, 6) is 0. The minimum absolute atomic E-state index is 0.0313. The molecule has 10 nitrogen and oxygen atoms in total. The molecule has 0 amide bonds. The zero-order valence-corrected chi connectivity index (χ0v) is 15.2. The number of rotatable bonds is 5. The number of nitro groups is 1. The monoisotopic (exact) mass is 382 g/mol. The van der Waals surface area contributed by atoms with Crippen LogP contribution in [0.4, 0.5) is 5.69 Å². The number of hydrogen-bond donors (Lipinski definition) is 0. The van der Waals surface area contributed by atoms with Crippen LogP contribution in [0, 0.1) is 10.1 Å². The smallest absolute Gasteiger partial charge is 0.284 e. The summed E-state index contributed by atoms with van der Waals surface area (Å²) in [6.45, 7) is -0.0545. The first kappa shape index (κ1) is 17.8. The van der Waals surface area contributed by atoms with Crippen LogP contribution in [0.5, 0.6) is 0 Å². The molecule has 144 valence electrons. The Morgan fingerprint density at radius 3 is 2.50 bits per heavy atom. The predicted octanol–water partition coefficient (Wildman–Crippen LogP) is 1.49. The molecular weight excluding hydrogens is 364 g/mol. The highest BCUT2D eigenvalue weighted by Gasteiger charge is 2.34. The second-order valence-electron chi connectivity index (χ2n) is 6.84.